The first-order valence-electron chi connectivity index (χ1n) is 8.21. The van der Waals surface area contributed by atoms with Gasteiger partial charge in [-0.3, -0.25) is 20.4 Å². The molecular formula is C19H21ClN2O5. The molecule has 8 heteroatoms. The van der Waals surface area contributed by atoms with Crippen LogP contribution in [0.2, 0.25) is 5.02 Å². The maximum atomic E-state index is 12.2. The van der Waals surface area contributed by atoms with Crippen molar-refractivity contribution in [2.75, 3.05) is 13.7 Å². The lowest BCUT2D eigenvalue weighted by Gasteiger charge is -2.14. The quantitative estimate of drug-likeness (QED) is 0.707. The van der Waals surface area contributed by atoms with E-state index in [9.17, 15) is 9.59 Å². The van der Waals surface area contributed by atoms with E-state index in [1.165, 1.54) is 13.2 Å². The lowest BCUT2D eigenvalue weighted by atomic mass is 10.2. The summed E-state index contributed by atoms with van der Waals surface area (Å²) in [6, 6.07) is 11.4. The largest absolute Gasteiger partial charge is 0.493 e. The number of hydrogen-bond acceptors (Lipinski definition) is 5. The van der Waals surface area contributed by atoms with E-state index in [1.54, 1.807) is 36.4 Å². The summed E-state index contributed by atoms with van der Waals surface area (Å²) < 4.78 is 16.1. The minimum atomic E-state index is -0.518. The predicted molar refractivity (Wildman–Crippen MR) is 101 cm³/mol. The van der Waals surface area contributed by atoms with Crippen LogP contribution < -0.4 is 25.1 Å². The Morgan fingerprint density at radius 3 is 2.52 bits per heavy atom. The molecule has 0 aromatic heterocycles. The highest BCUT2D eigenvalue weighted by Gasteiger charge is 2.13. The number of hydrogen-bond donors (Lipinski definition) is 2. The van der Waals surface area contributed by atoms with Crippen molar-refractivity contribution < 1.29 is 23.8 Å². The maximum Gasteiger partial charge on any atom is 0.276 e. The van der Waals surface area contributed by atoms with Gasteiger partial charge in [0, 0.05) is 10.6 Å². The molecule has 0 aliphatic rings. The normalized spacial score (nSPS) is 10.3. The van der Waals surface area contributed by atoms with Crippen molar-refractivity contribution in [1.82, 2.24) is 10.9 Å². The first-order valence-corrected chi connectivity index (χ1v) is 8.59. The van der Waals surface area contributed by atoms with Crippen molar-refractivity contribution in [1.29, 1.82) is 0 Å². The van der Waals surface area contributed by atoms with Gasteiger partial charge in [0.25, 0.3) is 11.8 Å². The minimum Gasteiger partial charge on any atom is -0.493 e. The van der Waals surface area contributed by atoms with Crippen molar-refractivity contribution in [3.05, 3.63) is 53.1 Å². The van der Waals surface area contributed by atoms with E-state index in [1.807, 2.05) is 13.8 Å². The Kier molecular flexibility index (Phi) is 7.31. The van der Waals surface area contributed by atoms with Crippen LogP contribution in [0.5, 0.6) is 17.2 Å². The Hall–Kier alpha value is -2.93. The zero-order valence-corrected chi connectivity index (χ0v) is 16.0. The standard InChI is InChI=1S/C19H21ClN2O5/c1-12(2)27-16-8-7-13(9-17(16)25-3)19(24)22-21-18(23)11-26-15-6-4-5-14(20)10-15/h4-10,12H,11H2,1-3H3,(H,21,23)(H,22,24). The van der Waals surface area contributed by atoms with Crippen LogP contribution in [-0.4, -0.2) is 31.6 Å². The van der Waals surface area contributed by atoms with Gasteiger partial charge in [-0.05, 0) is 50.2 Å². The second-order valence-corrected chi connectivity index (χ2v) is 6.22. The molecule has 2 aromatic carbocycles. The SMILES string of the molecule is COc1cc(C(=O)NNC(=O)COc2cccc(Cl)c2)ccc1OC(C)C. The van der Waals surface area contributed by atoms with E-state index >= 15 is 0 Å². The van der Waals surface area contributed by atoms with Gasteiger partial charge in [-0.1, -0.05) is 17.7 Å². The van der Waals surface area contributed by atoms with Crippen LogP contribution in [0.1, 0.15) is 24.2 Å². The highest BCUT2D eigenvalue weighted by Crippen LogP contribution is 2.28. The summed E-state index contributed by atoms with van der Waals surface area (Å²) >= 11 is 5.84. The topological polar surface area (TPSA) is 85.9 Å². The average Bonchev–Trinajstić information content (AvgIpc) is 2.64. The van der Waals surface area contributed by atoms with E-state index in [4.69, 9.17) is 25.8 Å². The van der Waals surface area contributed by atoms with Gasteiger partial charge in [0.1, 0.15) is 5.75 Å². The minimum absolute atomic E-state index is 0.0302. The Morgan fingerprint density at radius 2 is 1.85 bits per heavy atom. The van der Waals surface area contributed by atoms with Crippen molar-refractivity contribution in [3.8, 4) is 17.2 Å². The molecule has 0 aliphatic carbocycles. The molecule has 0 spiro atoms. The van der Waals surface area contributed by atoms with Crippen LogP contribution >= 0.6 is 11.6 Å². The molecule has 0 fully saturated rings. The zero-order chi connectivity index (χ0) is 19.8. The first kappa shape index (κ1) is 20.4. The molecule has 0 radical (unpaired) electrons. The molecule has 2 rings (SSSR count). The van der Waals surface area contributed by atoms with Gasteiger partial charge in [0.05, 0.1) is 13.2 Å². The van der Waals surface area contributed by atoms with Gasteiger partial charge in [0.15, 0.2) is 18.1 Å². The molecule has 0 unspecified atom stereocenters. The number of benzene rings is 2. The van der Waals surface area contributed by atoms with Crippen LogP contribution in [0, 0.1) is 0 Å². The van der Waals surface area contributed by atoms with E-state index in [0.29, 0.717) is 27.8 Å². The molecule has 0 aliphatic heterocycles. The third kappa shape index (κ3) is 6.38. The monoisotopic (exact) mass is 392 g/mol. The van der Waals surface area contributed by atoms with Gasteiger partial charge in [-0.25, -0.2) is 0 Å². The number of rotatable bonds is 7. The van der Waals surface area contributed by atoms with Crippen molar-refractivity contribution >= 4 is 23.4 Å². The molecule has 0 saturated heterocycles. The van der Waals surface area contributed by atoms with Crippen molar-refractivity contribution in [3.63, 3.8) is 0 Å². The lowest BCUT2D eigenvalue weighted by molar-refractivity contribution is -0.123. The van der Waals surface area contributed by atoms with Gasteiger partial charge in [-0.2, -0.15) is 0 Å². The van der Waals surface area contributed by atoms with E-state index < -0.39 is 11.8 Å². The highest BCUT2D eigenvalue weighted by molar-refractivity contribution is 6.30. The number of hydrazine groups is 1. The summed E-state index contributed by atoms with van der Waals surface area (Å²) in [5.41, 5.74) is 4.90. The van der Waals surface area contributed by atoms with Gasteiger partial charge < -0.3 is 14.2 Å². The molecule has 144 valence electrons. The van der Waals surface area contributed by atoms with Crippen LogP contribution in [-0.2, 0) is 4.79 Å². The number of halogens is 1. The van der Waals surface area contributed by atoms with Crippen LogP contribution in [0.15, 0.2) is 42.5 Å². The van der Waals surface area contributed by atoms with E-state index in [0.717, 1.165) is 0 Å². The van der Waals surface area contributed by atoms with E-state index in [2.05, 4.69) is 10.9 Å². The number of carbonyl (C=O) groups excluding carboxylic acids is 2. The van der Waals surface area contributed by atoms with Gasteiger partial charge in [0.2, 0.25) is 0 Å². The second kappa shape index (κ2) is 9.68. The Balaban J connectivity index is 1.88. The highest BCUT2D eigenvalue weighted by atomic mass is 35.5. The van der Waals surface area contributed by atoms with Gasteiger partial charge >= 0.3 is 0 Å². The molecule has 0 bridgehead atoms. The summed E-state index contributed by atoms with van der Waals surface area (Å²) in [5.74, 6) is 0.389. The number of ether oxygens (including phenoxy) is 3. The molecule has 0 atom stereocenters. The average molecular weight is 393 g/mol. The summed E-state index contributed by atoms with van der Waals surface area (Å²) in [6.07, 6.45) is -0.0302. The predicted octanol–water partition coefficient (Wildman–Crippen LogP) is 2.98. The molecule has 27 heavy (non-hydrogen) atoms. The molecule has 2 amide bonds. The fourth-order valence-corrected chi connectivity index (χ4v) is 2.28. The summed E-state index contributed by atoms with van der Waals surface area (Å²) in [4.78, 5) is 24.0. The maximum absolute atomic E-state index is 12.2. The molecular weight excluding hydrogens is 372 g/mol. The smallest absolute Gasteiger partial charge is 0.276 e. The van der Waals surface area contributed by atoms with Crippen LogP contribution in [0.3, 0.4) is 0 Å². The Labute approximate surface area is 162 Å². The summed E-state index contributed by atoms with van der Waals surface area (Å²) in [7, 11) is 1.49. The fraction of sp³-hybridized carbons (Fsp3) is 0.263. The molecule has 0 saturated carbocycles. The van der Waals surface area contributed by atoms with E-state index in [-0.39, 0.29) is 12.7 Å². The first-order chi connectivity index (χ1) is 12.9. The van der Waals surface area contributed by atoms with Crippen LogP contribution in [0.4, 0.5) is 0 Å². The van der Waals surface area contributed by atoms with Crippen LogP contribution in [0.25, 0.3) is 0 Å². The van der Waals surface area contributed by atoms with Crippen molar-refractivity contribution in [2.45, 2.75) is 20.0 Å². The number of methoxy groups -OCH3 is 1. The number of carbonyl (C=O) groups is 2. The number of amides is 2. The molecule has 2 N–H and O–H groups in total. The van der Waals surface area contributed by atoms with Crippen molar-refractivity contribution in [2.24, 2.45) is 0 Å². The number of nitrogens with one attached hydrogen (secondary N) is 2. The second-order valence-electron chi connectivity index (χ2n) is 5.78. The summed E-state index contributed by atoms with van der Waals surface area (Å²) in [5, 5.41) is 0.500. The Bertz CT molecular complexity index is 810. The fourth-order valence-electron chi connectivity index (χ4n) is 2.10. The molecule has 2 aromatic rings. The third-order valence-electron chi connectivity index (χ3n) is 3.27. The lowest BCUT2D eigenvalue weighted by Crippen LogP contribution is -2.43. The zero-order valence-electron chi connectivity index (χ0n) is 15.2. The molecule has 7 nitrogen and oxygen atoms in total. The summed E-state index contributed by atoms with van der Waals surface area (Å²) in [6.45, 7) is 3.51. The third-order valence-corrected chi connectivity index (χ3v) is 3.51. The Morgan fingerprint density at radius 1 is 1.07 bits per heavy atom. The van der Waals surface area contributed by atoms with Gasteiger partial charge in [-0.15, -0.1) is 0 Å². The molecule has 0 heterocycles.